The maximum atomic E-state index is 11.8. The number of aliphatic hydroxyl groups excluding tert-OH is 1. The van der Waals surface area contributed by atoms with E-state index in [0.29, 0.717) is 12.1 Å². The fraction of sp³-hybridized carbons (Fsp3) is 0.167. The zero-order valence-corrected chi connectivity index (χ0v) is 10.3. The van der Waals surface area contributed by atoms with Crippen molar-refractivity contribution < 1.29 is 9.90 Å². The predicted octanol–water partition coefficient (Wildman–Crippen LogP) is 0.745. The van der Waals surface area contributed by atoms with E-state index in [1.165, 1.54) is 11.3 Å². The average molecular weight is 261 g/mol. The van der Waals surface area contributed by atoms with E-state index < -0.39 is 0 Å². The number of hydrogen-bond donors (Lipinski definition) is 3. The number of amides is 1. The number of carbonyl (C=O) groups is 1. The third-order valence-corrected chi connectivity index (χ3v) is 3.01. The molecule has 0 radical (unpaired) electrons. The summed E-state index contributed by atoms with van der Waals surface area (Å²) < 4.78 is 0. The molecule has 2 rings (SSSR count). The summed E-state index contributed by atoms with van der Waals surface area (Å²) in [5, 5.41) is 19.6. The summed E-state index contributed by atoms with van der Waals surface area (Å²) in [5.74, 6) is 5.16. The third kappa shape index (κ3) is 3.20. The van der Waals surface area contributed by atoms with Crippen molar-refractivity contribution in [3.8, 4) is 11.8 Å². The number of thiophene rings is 1. The quantitative estimate of drug-likeness (QED) is 0.713. The molecule has 1 amide bonds. The molecule has 0 saturated heterocycles. The Morgan fingerprint density at radius 2 is 2.50 bits per heavy atom. The Morgan fingerprint density at radius 1 is 1.61 bits per heavy atom. The Kier molecular flexibility index (Phi) is 4.12. The lowest BCUT2D eigenvalue weighted by atomic mass is 10.2. The molecular formula is C12H11N3O2S. The highest BCUT2D eigenvalue weighted by Crippen LogP contribution is 2.13. The van der Waals surface area contributed by atoms with E-state index in [2.05, 4.69) is 27.4 Å². The van der Waals surface area contributed by atoms with Crippen LogP contribution in [0.4, 0.5) is 0 Å². The molecule has 0 aliphatic heterocycles. The van der Waals surface area contributed by atoms with Crippen LogP contribution >= 0.6 is 11.3 Å². The third-order valence-electron chi connectivity index (χ3n) is 2.16. The summed E-state index contributed by atoms with van der Waals surface area (Å²) in [6, 6.07) is 1.71. The van der Waals surface area contributed by atoms with Gasteiger partial charge in [0.15, 0.2) is 0 Å². The van der Waals surface area contributed by atoms with E-state index in [1.54, 1.807) is 23.8 Å². The SMILES string of the molecule is O=C(NCc1cn[nH]c1)c1csc(C#CCO)c1. The van der Waals surface area contributed by atoms with E-state index in [9.17, 15) is 4.79 Å². The molecule has 6 heteroatoms. The second kappa shape index (κ2) is 6.00. The van der Waals surface area contributed by atoms with Crippen LogP contribution in [-0.2, 0) is 6.54 Å². The van der Waals surface area contributed by atoms with Crippen LogP contribution in [0.25, 0.3) is 0 Å². The van der Waals surface area contributed by atoms with Gasteiger partial charge in [-0.2, -0.15) is 5.10 Å². The lowest BCUT2D eigenvalue weighted by molar-refractivity contribution is 0.0951. The number of aliphatic hydroxyl groups is 1. The molecule has 0 unspecified atom stereocenters. The Bertz CT molecular complexity index is 578. The molecule has 0 aliphatic carbocycles. The zero-order valence-electron chi connectivity index (χ0n) is 9.43. The van der Waals surface area contributed by atoms with Gasteiger partial charge in [-0.05, 0) is 6.07 Å². The van der Waals surface area contributed by atoms with Crippen LogP contribution in [0.1, 0.15) is 20.8 Å². The molecule has 0 spiro atoms. The molecule has 2 heterocycles. The number of aromatic amines is 1. The Balaban J connectivity index is 1.94. The molecule has 92 valence electrons. The first-order chi connectivity index (χ1) is 8.79. The largest absolute Gasteiger partial charge is 0.384 e. The number of rotatable bonds is 3. The van der Waals surface area contributed by atoms with Crippen molar-refractivity contribution in [1.29, 1.82) is 0 Å². The molecule has 0 bridgehead atoms. The molecule has 0 fully saturated rings. The Morgan fingerprint density at radius 3 is 3.22 bits per heavy atom. The minimum Gasteiger partial charge on any atom is -0.384 e. The van der Waals surface area contributed by atoms with Gasteiger partial charge in [0, 0.05) is 23.7 Å². The van der Waals surface area contributed by atoms with Crippen molar-refractivity contribution in [2.75, 3.05) is 6.61 Å². The summed E-state index contributed by atoms with van der Waals surface area (Å²) in [4.78, 5) is 12.6. The Hall–Kier alpha value is -2.10. The molecule has 3 N–H and O–H groups in total. The molecule has 0 saturated carbocycles. The van der Waals surface area contributed by atoms with Crippen LogP contribution in [0.3, 0.4) is 0 Å². The van der Waals surface area contributed by atoms with Crippen LogP contribution in [0.15, 0.2) is 23.8 Å². The van der Waals surface area contributed by atoms with E-state index in [-0.39, 0.29) is 12.5 Å². The van der Waals surface area contributed by atoms with Gasteiger partial charge in [0.2, 0.25) is 0 Å². The normalized spacial score (nSPS) is 9.61. The molecule has 18 heavy (non-hydrogen) atoms. The maximum Gasteiger partial charge on any atom is 0.252 e. The van der Waals surface area contributed by atoms with Gasteiger partial charge >= 0.3 is 0 Å². The monoisotopic (exact) mass is 261 g/mol. The van der Waals surface area contributed by atoms with Crippen molar-refractivity contribution in [2.24, 2.45) is 0 Å². The molecule has 5 nitrogen and oxygen atoms in total. The molecule has 0 aromatic carbocycles. The summed E-state index contributed by atoms with van der Waals surface area (Å²) in [6.45, 7) is 0.253. The van der Waals surface area contributed by atoms with Crippen molar-refractivity contribution in [1.82, 2.24) is 15.5 Å². The van der Waals surface area contributed by atoms with Crippen LogP contribution in [-0.4, -0.2) is 27.8 Å². The molecule has 0 aliphatic rings. The highest BCUT2D eigenvalue weighted by molar-refractivity contribution is 7.10. The van der Waals surface area contributed by atoms with Gasteiger partial charge in [-0.1, -0.05) is 11.8 Å². The first-order valence-corrected chi connectivity index (χ1v) is 6.11. The summed E-state index contributed by atoms with van der Waals surface area (Å²) in [5.41, 5.74) is 1.49. The van der Waals surface area contributed by atoms with E-state index in [1.807, 2.05) is 0 Å². The summed E-state index contributed by atoms with van der Waals surface area (Å²) in [7, 11) is 0. The van der Waals surface area contributed by atoms with Gasteiger partial charge in [0.05, 0.1) is 16.6 Å². The highest BCUT2D eigenvalue weighted by atomic mass is 32.1. The van der Waals surface area contributed by atoms with Crippen molar-refractivity contribution in [3.05, 3.63) is 39.8 Å². The van der Waals surface area contributed by atoms with E-state index in [4.69, 9.17) is 5.11 Å². The van der Waals surface area contributed by atoms with E-state index >= 15 is 0 Å². The first kappa shape index (κ1) is 12.4. The van der Waals surface area contributed by atoms with Gasteiger partial charge < -0.3 is 10.4 Å². The molecule has 0 atom stereocenters. The number of hydrogen-bond acceptors (Lipinski definition) is 4. The second-order valence-electron chi connectivity index (χ2n) is 3.45. The number of aromatic nitrogens is 2. The first-order valence-electron chi connectivity index (χ1n) is 5.23. The van der Waals surface area contributed by atoms with Gasteiger partial charge in [-0.15, -0.1) is 11.3 Å². The number of H-pyrrole nitrogens is 1. The number of nitrogens with one attached hydrogen (secondary N) is 2. The lowest BCUT2D eigenvalue weighted by Crippen LogP contribution is -2.21. The topological polar surface area (TPSA) is 78.0 Å². The van der Waals surface area contributed by atoms with Crippen LogP contribution in [0.2, 0.25) is 0 Å². The second-order valence-corrected chi connectivity index (χ2v) is 4.36. The van der Waals surface area contributed by atoms with Gasteiger partial charge in [-0.3, -0.25) is 9.89 Å². The summed E-state index contributed by atoms with van der Waals surface area (Å²) in [6.07, 6.45) is 3.39. The van der Waals surface area contributed by atoms with Gasteiger partial charge in [0.1, 0.15) is 6.61 Å². The van der Waals surface area contributed by atoms with Gasteiger partial charge in [0.25, 0.3) is 5.91 Å². The smallest absolute Gasteiger partial charge is 0.252 e. The maximum absolute atomic E-state index is 11.8. The Labute approximate surface area is 108 Å². The van der Waals surface area contributed by atoms with Crippen molar-refractivity contribution in [3.63, 3.8) is 0 Å². The van der Waals surface area contributed by atoms with Crippen LogP contribution in [0, 0.1) is 11.8 Å². The minimum absolute atomic E-state index is 0.149. The average Bonchev–Trinajstić information content (AvgIpc) is 3.04. The molecule has 2 aromatic rings. The van der Waals surface area contributed by atoms with Crippen molar-refractivity contribution in [2.45, 2.75) is 6.54 Å². The lowest BCUT2D eigenvalue weighted by Gasteiger charge is -2.00. The van der Waals surface area contributed by atoms with Crippen LogP contribution < -0.4 is 5.32 Å². The zero-order chi connectivity index (χ0) is 12.8. The van der Waals surface area contributed by atoms with Gasteiger partial charge in [-0.25, -0.2) is 0 Å². The minimum atomic E-state index is -0.181. The van der Waals surface area contributed by atoms with Crippen molar-refractivity contribution >= 4 is 17.2 Å². The number of carbonyl (C=O) groups excluding carboxylic acids is 1. The fourth-order valence-corrected chi connectivity index (χ4v) is 2.06. The summed E-state index contributed by atoms with van der Waals surface area (Å²) >= 11 is 1.38. The van der Waals surface area contributed by atoms with E-state index in [0.717, 1.165) is 10.4 Å². The van der Waals surface area contributed by atoms with Crippen LogP contribution in [0.5, 0.6) is 0 Å². The highest BCUT2D eigenvalue weighted by Gasteiger charge is 2.07. The molecular weight excluding hydrogens is 250 g/mol. The predicted molar refractivity (Wildman–Crippen MR) is 68.0 cm³/mol. The fourth-order valence-electron chi connectivity index (χ4n) is 1.31. The molecule has 2 aromatic heterocycles. The standard InChI is InChI=1S/C12H11N3O2S/c16-3-1-2-11-4-10(8-18-11)12(17)13-5-9-6-14-15-7-9/h4,6-8,16H,3,5H2,(H,13,17)(H,14,15). The number of nitrogens with zero attached hydrogens (tertiary/aromatic N) is 1.